The smallest absolute Gasteiger partial charge is 0.0369 e. The van der Waals surface area contributed by atoms with Gasteiger partial charge in [-0.05, 0) is 42.6 Å². The lowest BCUT2D eigenvalue weighted by Gasteiger charge is -2.34. The Morgan fingerprint density at radius 1 is 1.00 bits per heavy atom. The summed E-state index contributed by atoms with van der Waals surface area (Å²) < 4.78 is 0. The van der Waals surface area contributed by atoms with Crippen LogP contribution in [0.4, 0.5) is 5.69 Å². The van der Waals surface area contributed by atoms with E-state index in [4.69, 9.17) is 0 Å². The summed E-state index contributed by atoms with van der Waals surface area (Å²) in [7, 11) is 2.20. The molecule has 2 nitrogen and oxygen atoms in total. The van der Waals surface area contributed by atoms with Crippen LogP contribution in [0.3, 0.4) is 0 Å². The van der Waals surface area contributed by atoms with Crippen LogP contribution in [0, 0.1) is 6.92 Å². The van der Waals surface area contributed by atoms with Crippen molar-refractivity contribution in [3.63, 3.8) is 0 Å². The molecule has 2 rings (SSSR count). The Labute approximate surface area is 112 Å². The van der Waals surface area contributed by atoms with E-state index in [1.807, 2.05) is 0 Å². The van der Waals surface area contributed by atoms with Gasteiger partial charge in [0.15, 0.2) is 0 Å². The molecule has 18 heavy (non-hydrogen) atoms. The van der Waals surface area contributed by atoms with Gasteiger partial charge >= 0.3 is 0 Å². The monoisotopic (exact) mass is 246 g/mol. The number of nitrogens with zero attached hydrogens (tertiary/aromatic N) is 2. The SMILES string of the molecule is Cc1cc(N2CCN(C)CC2)ccc1C(C)(C)C. The molecule has 1 saturated heterocycles. The first-order valence-corrected chi connectivity index (χ1v) is 6.92. The minimum atomic E-state index is 0.241. The third kappa shape index (κ3) is 2.86. The first-order valence-electron chi connectivity index (χ1n) is 6.92. The highest BCUT2D eigenvalue weighted by Gasteiger charge is 2.18. The molecule has 2 heteroatoms. The van der Waals surface area contributed by atoms with Gasteiger partial charge in [0, 0.05) is 31.9 Å². The normalized spacial score (nSPS) is 18.2. The molecule has 1 aliphatic heterocycles. The number of aryl methyl sites for hydroxylation is 1. The Kier molecular flexibility index (Phi) is 3.67. The molecule has 0 N–H and O–H groups in total. The zero-order valence-electron chi connectivity index (χ0n) is 12.5. The minimum Gasteiger partial charge on any atom is -0.369 e. The number of piperazine rings is 1. The third-order valence-electron chi connectivity index (χ3n) is 3.89. The van der Waals surface area contributed by atoms with E-state index in [-0.39, 0.29) is 5.41 Å². The summed E-state index contributed by atoms with van der Waals surface area (Å²) in [5, 5.41) is 0. The molecule has 1 aliphatic rings. The van der Waals surface area contributed by atoms with Crippen molar-refractivity contribution in [2.45, 2.75) is 33.1 Å². The maximum Gasteiger partial charge on any atom is 0.0369 e. The number of benzene rings is 1. The van der Waals surface area contributed by atoms with Crippen LogP contribution in [0.1, 0.15) is 31.9 Å². The Bertz CT molecular complexity index is 410. The van der Waals surface area contributed by atoms with Crippen molar-refractivity contribution in [3.05, 3.63) is 29.3 Å². The van der Waals surface area contributed by atoms with E-state index in [0.29, 0.717) is 0 Å². The molecule has 0 unspecified atom stereocenters. The molecule has 1 aromatic carbocycles. The molecular weight excluding hydrogens is 220 g/mol. The second-order valence-corrected chi connectivity index (χ2v) is 6.54. The highest BCUT2D eigenvalue weighted by Crippen LogP contribution is 2.29. The first-order chi connectivity index (χ1) is 8.38. The third-order valence-corrected chi connectivity index (χ3v) is 3.89. The van der Waals surface area contributed by atoms with E-state index < -0.39 is 0 Å². The molecule has 0 radical (unpaired) electrons. The van der Waals surface area contributed by atoms with Crippen molar-refractivity contribution in [2.24, 2.45) is 0 Å². The summed E-state index contributed by atoms with van der Waals surface area (Å²) in [6.45, 7) is 13.7. The summed E-state index contributed by atoms with van der Waals surface area (Å²) in [6.07, 6.45) is 0. The van der Waals surface area contributed by atoms with Gasteiger partial charge in [-0.25, -0.2) is 0 Å². The van der Waals surface area contributed by atoms with Crippen LogP contribution in [0.25, 0.3) is 0 Å². The van der Waals surface area contributed by atoms with Crippen LogP contribution in [-0.4, -0.2) is 38.1 Å². The van der Waals surface area contributed by atoms with Gasteiger partial charge in [0.25, 0.3) is 0 Å². The zero-order valence-corrected chi connectivity index (χ0v) is 12.5. The second-order valence-electron chi connectivity index (χ2n) is 6.54. The van der Waals surface area contributed by atoms with Gasteiger partial charge in [-0.1, -0.05) is 26.8 Å². The largest absolute Gasteiger partial charge is 0.369 e. The van der Waals surface area contributed by atoms with Crippen molar-refractivity contribution >= 4 is 5.69 Å². The van der Waals surface area contributed by atoms with Gasteiger partial charge in [-0.2, -0.15) is 0 Å². The Hall–Kier alpha value is -1.02. The molecule has 0 bridgehead atoms. The fourth-order valence-electron chi connectivity index (χ4n) is 2.75. The number of anilines is 1. The predicted octanol–water partition coefficient (Wildman–Crippen LogP) is 3.04. The van der Waals surface area contributed by atoms with Gasteiger partial charge in [0.1, 0.15) is 0 Å². The first kappa shape index (κ1) is 13.4. The highest BCUT2D eigenvalue weighted by molar-refractivity contribution is 5.52. The lowest BCUT2D eigenvalue weighted by molar-refractivity contribution is 0.313. The summed E-state index contributed by atoms with van der Waals surface area (Å²) >= 11 is 0. The standard InChI is InChI=1S/C16H26N2/c1-13-12-14(6-7-15(13)16(2,3)4)18-10-8-17(5)9-11-18/h6-7,12H,8-11H2,1-5H3. The predicted molar refractivity (Wildman–Crippen MR) is 79.6 cm³/mol. The average Bonchev–Trinajstić information content (AvgIpc) is 2.28. The van der Waals surface area contributed by atoms with Crippen molar-refractivity contribution in [1.82, 2.24) is 4.90 Å². The van der Waals surface area contributed by atoms with Gasteiger partial charge in [0.05, 0.1) is 0 Å². The molecular formula is C16H26N2. The summed E-state index contributed by atoms with van der Waals surface area (Å²) in [4.78, 5) is 4.90. The molecule has 0 aromatic heterocycles. The molecule has 0 saturated carbocycles. The Morgan fingerprint density at radius 3 is 2.11 bits per heavy atom. The van der Waals surface area contributed by atoms with Crippen LogP contribution in [0.2, 0.25) is 0 Å². The lowest BCUT2D eigenvalue weighted by atomic mass is 9.84. The van der Waals surface area contributed by atoms with E-state index in [1.54, 1.807) is 0 Å². The van der Waals surface area contributed by atoms with Crippen molar-refractivity contribution in [1.29, 1.82) is 0 Å². The minimum absolute atomic E-state index is 0.241. The molecule has 0 atom stereocenters. The molecule has 0 amide bonds. The van der Waals surface area contributed by atoms with E-state index in [0.717, 1.165) is 13.1 Å². The Balaban J connectivity index is 2.19. The molecule has 100 valence electrons. The van der Waals surface area contributed by atoms with Crippen molar-refractivity contribution < 1.29 is 0 Å². The molecule has 1 fully saturated rings. The van der Waals surface area contributed by atoms with Crippen LogP contribution in [0.5, 0.6) is 0 Å². The van der Waals surface area contributed by atoms with Crippen LogP contribution in [0.15, 0.2) is 18.2 Å². The van der Waals surface area contributed by atoms with Crippen LogP contribution >= 0.6 is 0 Å². The fraction of sp³-hybridized carbons (Fsp3) is 0.625. The fourth-order valence-corrected chi connectivity index (χ4v) is 2.75. The van der Waals surface area contributed by atoms with E-state index in [9.17, 15) is 0 Å². The van der Waals surface area contributed by atoms with Crippen LogP contribution in [-0.2, 0) is 5.41 Å². The summed E-state index contributed by atoms with van der Waals surface area (Å²) in [5.41, 5.74) is 4.50. The molecule has 1 aromatic rings. The van der Waals surface area contributed by atoms with Gasteiger partial charge in [-0.3, -0.25) is 0 Å². The van der Waals surface area contributed by atoms with Gasteiger partial charge < -0.3 is 9.80 Å². The number of hydrogen-bond acceptors (Lipinski definition) is 2. The molecule has 0 aliphatic carbocycles. The number of likely N-dealkylation sites (N-methyl/N-ethyl adjacent to an activating group) is 1. The van der Waals surface area contributed by atoms with E-state index >= 15 is 0 Å². The Morgan fingerprint density at radius 2 is 1.61 bits per heavy atom. The number of rotatable bonds is 1. The van der Waals surface area contributed by atoms with Crippen LogP contribution < -0.4 is 4.90 Å². The van der Waals surface area contributed by atoms with Gasteiger partial charge in [-0.15, -0.1) is 0 Å². The summed E-state index contributed by atoms with van der Waals surface area (Å²) in [6, 6.07) is 6.95. The van der Waals surface area contributed by atoms with Crippen molar-refractivity contribution in [2.75, 3.05) is 38.1 Å². The quantitative estimate of drug-likeness (QED) is 0.751. The molecule has 1 heterocycles. The second kappa shape index (κ2) is 4.93. The number of hydrogen-bond donors (Lipinski definition) is 0. The topological polar surface area (TPSA) is 6.48 Å². The van der Waals surface area contributed by atoms with Gasteiger partial charge in [0.2, 0.25) is 0 Å². The van der Waals surface area contributed by atoms with E-state index in [2.05, 4.69) is 62.7 Å². The maximum absolute atomic E-state index is 2.50. The summed E-state index contributed by atoms with van der Waals surface area (Å²) in [5.74, 6) is 0. The maximum atomic E-state index is 2.50. The average molecular weight is 246 g/mol. The highest BCUT2D eigenvalue weighted by atomic mass is 15.2. The lowest BCUT2D eigenvalue weighted by Crippen LogP contribution is -2.44. The molecule has 0 spiro atoms. The van der Waals surface area contributed by atoms with Crippen molar-refractivity contribution in [3.8, 4) is 0 Å². The zero-order chi connectivity index (χ0) is 13.3. The van der Waals surface area contributed by atoms with E-state index in [1.165, 1.54) is 29.9 Å².